The summed E-state index contributed by atoms with van der Waals surface area (Å²) in [5, 5.41) is 1.31. The Balaban J connectivity index is 0.00000176. The van der Waals surface area contributed by atoms with Crippen LogP contribution in [0.1, 0.15) is 31.1 Å². The Morgan fingerprint density at radius 3 is 2.45 bits per heavy atom. The Morgan fingerprint density at radius 1 is 1.00 bits per heavy atom. The van der Waals surface area contributed by atoms with Crippen LogP contribution in [0.4, 0.5) is 0 Å². The molecule has 0 aliphatic carbocycles. The quantitative estimate of drug-likeness (QED) is 0.459. The Morgan fingerprint density at radius 2 is 1.73 bits per heavy atom. The van der Waals surface area contributed by atoms with Crippen LogP contribution in [-0.4, -0.2) is 4.57 Å². The van der Waals surface area contributed by atoms with Gasteiger partial charge in [-0.3, -0.25) is 0 Å². The fourth-order valence-electron chi connectivity index (χ4n) is 2.68. The second kappa shape index (κ2) is 7.09. The molecule has 3 heteroatoms. The van der Waals surface area contributed by atoms with Crippen LogP contribution in [0, 0.1) is 0 Å². The lowest BCUT2D eigenvalue weighted by Crippen LogP contribution is -3.00. The van der Waals surface area contributed by atoms with Gasteiger partial charge in [-0.05, 0) is 32.1 Å². The van der Waals surface area contributed by atoms with Gasteiger partial charge in [0, 0.05) is 46.9 Å². The number of pyridine rings is 1. The van der Waals surface area contributed by atoms with E-state index >= 15 is 0 Å². The summed E-state index contributed by atoms with van der Waals surface area (Å²) in [5.74, 6) is 0. The topological polar surface area (TPSA) is 8.81 Å². The molecule has 0 amide bonds. The Kier molecular flexibility index (Phi) is 5.40. The van der Waals surface area contributed by atoms with Crippen molar-refractivity contribution in [3.8, 4) is 0 Å². The largest absolute Gasteiger partial charge is 1.00 e. The first kappa shape index (κ1) is 16.7. The molecule has 0 fully saturated rings. The number of nitrogens with zero attached hydrogens (tertiary/aromatic N) is 2. The predicted molar refractivity (Wildman–Crippen MR) is 88.9 cm³/mol. The van der Waals surface area contributed by atoms with Crippen molar-refractivity contribution in [1.82, 2.24) is 4.57 Å². The molecule has 0 aliphatic heterocycles. The van der Waals surface area contributed by atoms with Crippen molar-refractivity contribution in [1.29, 1.82) is 0 Å². The van der Waals surface area contributed by atoms with Gasteiger partial charge >= 0.3 is 0 Å². The van der Waals surface area contributed by atoms with Crippen molar-refractivity contribution in [2.24, 2.45) is 7.05 Å². The average molecular weight is 404 g/mol. The maximum atomic E-state index is 2.33. The molecule has 0 atom stereocenters. The molecule has 0 unspecified atom stereocenters. The van der Waals surface area contributed by atoms with E-state index in [2.05, 4.69) is 91.0 Å². The van der Waals surface area contributed by atoms with E-state index in [0.29, 0.717) is 6.04 Å². The summed E-state index contributed by atoms with van der Waals surface area (Å²) in [7, 11) is 2.07. The smallest absolute Gasteiger partial charge is 0.204 e. The maximum absolute atomic E-state index is 2.33. The lowest BCUT2D eigenvalue weighted by Gasteiger charge is -2.08. The van der Waals surface area contributed by atoms with Gasteiger partial charge in [-0.15, -0.1) is 0 Å². The van der Waals surface area contributed by atoms with Crippen LogP contribution in [0.5, 0.6) is 0 Å². The molecule has 2 aromatic heterocycles. The van der Waals surface area contributed by atoms with Crippen molar-refractivity contribution in [3.63, 3.8) is 0 Å². The van der Waals surface area contributed by atoms with E-state index in [1.165, 1.54) is 22.2 Å². The zero-order valence-corrected chi connectivity index (χ0v) is 15.4. The Labute approximate surface area is 149 Å². The van der Waals surface area contributed by atoms with E-state index in [-0.39, 0.29) is 24.0 Å². The van der Waals surface area contributed by atoms with Gasteiger partial charge in [0.15, 0.2) is 6.20 Å². The first-order valence-corrected chi connectivity index (χ1v) is 7.39. The summed E-state index contributed by atoms with van der Waals surface area (Å²) < 4.78 is 4.46. The van der Waals surface area contributed by atoms with E-state index < -0.39 is 0 Å². The van der Waals surface area contributed by atoms with Gasteiger partial charge in [0.1, 0.15) is 7.05 Å². The van der Waals surface area contributed by atoms with E-state index in [0.717, 1.165) is 0 Å². The zero-order valence-electron chi connectivity index (χ0n) is 13.2. The highest BCUT2D eigenvalue weighted by Crippen LogP contribution is 2.25. The molecule has 0 spiro atoms. The van der Waals surface area contributed by atoms with Gasteiger partial charge in [-0.1, -0.05) is 18.2 Å². The number of halogens is 1. The molecule has 0 radical (unpaired) electrons. The number of aryl methyl sites for hydroxylation is 1. The first-order chi connectivity index (χ1) is 10.2. The number of fused-ring (bicyclic) bond motifs is 1. The summed E-state index contributed by atoms with van der Waals surface area (Å²) in [6, 6.07) is 15.3. The van der Waals surface area contributed by atoms with E-state index in [9.17, 15) is 0 Å². The molecule has 0 saturated carbocycles. The third-order valence-electron chi connectivity index (χ3n) is 3.86. The molecule has 2 nitrogen and oxygen atoms in total. The lowest BCUT2D eigenvalue weighted by atomic mass is 10.1. The monoisotopic (exact) mass is 404 g/mol. The molecule has 0 bridgehead atoms. The lowest BCUT2D eigenvalue weighted by molar-refractivity contribution is -0.673. The summed E-state index contributed by atoms with van der Waals surface area (Å²) in [4.78, 5) is 0. The predicted octanol–water partition coefficient (Wildman–Crippen LogP) is 1.22. The highest BCUT2D eigenvalue weighted by molar-refractivity contribution is 5.91. The zero-order chi connectivity index (χ0) is 14.8. The van der Waals surface area contributed by atoms with Crippen LogP contribution >= 0.6 is 0 Å². The van der Waals surface area contributed by atoms with Crippen molar-refractivity contribution >= 4 is 23.1 Å². The van der Waals surface area contributed by atoms with Gasteiger partial charge in [-0.2, -0.15) is 0 Å². The van der Waals surface area contributed by atoms with Crippen molar-refractivity contribution in [3.05, 3.63) is 66.1 Å². The minimum Gasteiger partial charge on any atom is -1.00 e. The SMILES string of the molecule is CC(C)n1cc(/C=C/c2cccc[n+]2C)c2ccccc21.[I-]. The number of benzene rings is 1. The second-order valence-electron chi connectivity index (χ2n) is 5.67. The van der Waals surface area contributed by atoms with E-state index in [4.69, 9.17) is 0 Å². The highest BCUT2D eigenvalue weighted by atomic mass is 127. The molecule has 3 rings (SSSR count). The van der Waals surface area contributed by atoms with Crippen molar-refractivity contribution in [2.45, 2.75) is 19.9 Å². The third kappa shape index (κ3) is 3.24. The van der Waals surface area contributed by atoms with Crippen LogP contribution in [0.2, 0.25) is 0 Å². The molecule has 1 aromatic carbocycles. The molecule has 0 aliphatic rings. The Hall–Kier alpha value is -1.62. The van der Waals surface area contributed by atoms with Crippen molar-refractivity contribution < 1.29 is 28.5 Å². The molecule has 2 heterocycles. The summed E-state index contributed by atoms with van der Waals surface area (Å²) in [6.07, 6.45) is 8.69. The molecule has 114 valence electrons. The van der Waals surface area contributed by atoms with Gasteiger partial charge in [0.25, 0.3) is 0 Å². The summed E-state index contributed by atoms with van der Waals surface area (Å²) >= 11 is 0. The molecule has 3 aromatic rings. The first-order valence-electron chi connectivity index (χ1n) is 7.39. The van der Waals surface area contributed by atoms with E-state index in [1.807, 2.05) is 6.07 Å². The van der Waals surface area contributed by atoms with Crippen molar-refractivity contribution in [2.75, 3.05) is 0 Å². The number of hydrogen-bond acceptors (Lipinski definition) is 0. The fourth-order valence-corrected chi connectivity index (χ4v) is 2.68. The molecular formula is C19H21IN2. The highest BCUT2D eigenvalue weighted by Gasteiger charge is 2.08. The van der Waals surface area contributed by atoms with Crippen LogP contribution in [0.15, 0.2) is 54.9 Å². The minimum absolute atomic E-state index is 0. The normalized spacial score (nSPS) is 11.3. The number of aromatic nitrogens is 2. The van der Waals surface area contributed by atoms with Gasteiger partial charge < -0.3 is 28.5 Å². The van der Waals surface area contributed by atoms with E-state index in [1.54, 1.807) is 0 Å². The average Bonchev–Trinajstić information content (AvgIpc) is 2.86. The van der Waals surface area contributed by atoms with Gasteiger partial charge in [0.2, 0.25) is 5.69 Å². The minimum atomic E-state index is 0. The maximum Gasteiger partial charge on any atom is 0.204 e. The standard InChI is InChI=1S/C19H21N2.HI/c1-15(2)21-14-16(18-9-4-5-10-19(18)21)11-12-17-8-6-7-13-20(17)3;/h4-15H,1-3H3;1H/q+1;/p-1. The fraction of sp³-hybridized carbons (Fsp3) is 0.211. The molecular weight excluding hydrogens is 383 g/mol. The summed E-state index contributed by atoms with van der Waals surface area (Å²) in [6.45, 7) is 4.44. The van der Waals surface area contributed by atoms with Crippen LogP contribution in [-0.2, 0) is 7.05 Å². The summed E-state index contributed by atoms with van der Waals surface area (Å²) in [5.41, 5.74) is 3.76. The number of para-hydroxylation sites is 1. The molecule has 0 saturated heterocycles. The Bertz CT molecular complexity index is 800. The van der Waals surface area contributed by atoms with Gasteiger partial charge in [-0.25, -0.2) is 4.57 Å². The number of rotatable bonds is 3. The number of hydrogen-bond donors (Lipinski definition) is 0. The van der Waals surface area contributed by atoms with Crippen LogP contribution < -0.4 is 28.5 Å². The van der Waals surface area contributed by atoms with Crippen LogP contribution in [0.3, 0.4) is 0 Å². The second-order valence-corrected chi connectivity index (χ2v) is 5.67. The third-order valence-corrected chi connectivity index (χ3v) is 3.86. The van der Waals surface area contributed by atoms with Gasteiger partial charge in [0.05, 0.1) is 0 Å². The molecule has 22 heavy (non-hydrogen) atoms. The molecule has 0 N–H and O–H groups in total. The van der Waals surface area contributed by atoms with Crippen LogP contribution in [0.25, 0.3) is 23.1 Å².